The van der Waals surface area contributed by atoms with E-state index < -0.39 is 5.97 Å². The third kappa shape index (κ3) is 4.60. The monoisotopic (exact) mass is 390 g/mol. The van der Waals surface area contributed by atoms with E-state index in [1.165, 1.54) is 19.2 Å². The molecule has 1 N–H and O–H groups in total. The summed E-state index contributed by atoms with van der Waals surface area (Å²) >= 11 is 17.9. The van der Waals surface area contributed by atoms with E-state index in [0.717, 1.165) is 0 Å². The fourth-order valence-electron chi connectivity index (χ4n) is 1.87. The maximum Gasteiger partial charge on any atom is 0.335 e. The zero-order chi connectivity index (χ0) is 17.7. The molecule has 0 saturated heterocycles. The van der Waals surface area contributed by atoms with E-state index in [-0.39, 0.29) is 35.3 Å². The van der Waals surface area contributed by atoms with Crippen molar-refractivity contribution in [3.05, 3.63) is 51.0 Å². The number of carboxylic acids is 1. The predicted octanol–water partition coefficient (Wildman–Crippen LogP) is 4.81. The van der Waals surface area contributed by atoms with Crippen LogP contribution in [0.5, 0.6) is 17.2 Å². The van der Waals surface area contributed by atoms with Crippen LogP contribution in [0.3, 0.4) is 0 Å². The van der Waals surface area contributed by atoms with Gasteiger partial charge in [-0.05, 0) is 30.3 Å². The van der Waals surface area contributed by atoms with Crippen molar-refractivity contribution in [1.82, 2.24) is 0 Å². The quantitative estimate of drug-likeness (QED) is 0.686. The van der Waals surface area contributed by atoms with E-state index in [2.05, 4.69) is 0 Å². The largest absolute Gasteiger partial charge is 0.493 e. The zero-order valence-corrected chi connectivity index (χ0v) is 14.8. The summed E-state index contributed by atoms with van der Waals surface area (Å²) in [5.74, 6) is -0.161. The number of rotatable bonds is 7. The first-order chi connectivity index (χ1) is 11.4. The number of carbonyl (C=O) groups is 1. The summed E-state index contributed by atoms with van der Waals surface area (Å²) in [7, 11) is 1.40. The Labute approximate surface area is 153 Å². The van der Waals surface area contributed by atoms with Crippen molar-refractivity contribution in [1.29, 1.82) is 0 Å². The van der Waals surface area contributed by atoms with Gasteiger partial charge in [0, 0.05) is 5.02 Å². The number of aromatic carboxylic acids is 1. The highest BCUT2D eigenvalue weighted by molar-refractivity contribution is 6.35. The molecule has 24 heavy (non-hydrogen) atoms. The van der Waals surface area contributed by atoms with Crippen molar-refractivity contribution in [3.8, 4) is 17.2 Å². The summed E-state index contributed by atoms with van der Waals surface area (Å²) in [4.78, 5) is 11.0. The third-order valence-corrected chi connectivity index (χ3v) is 3.77. The van der Waals surface area contributed by atoms with Crippen molar-refractivity contribution in [2.75, 3.05) is 20.3 Å². The molecular weight excluding hydrogens is 379 g/mol. The minimum Gasteiger partial charge on any atom is -0.493 e. The highest BCUT2D eigenvalue weighted by Crippen LogP contribution is 2.36. The Kier molecular flexibility index (Phi) is 6.43. The highest BCUT2D eigenvalue weighted by Gasteiger charge is 2.15. The van der Waals surface area contributed by atoms with Crippen LogP contribution in [-0.4, -0.2) is 31.4 Å². The molecule has 0 spiro atoms. The van der Waals surface area contributed by atoms with Gasteiger partial charge in [0.25, 0.3) is 0 Å². The summed E-state index contributed by atoms with van der Waals surface area (Å²) < 4.78 is 16.1. The van der Waals surface area contributed by atoms with Crippen LogP contribution < -0.4 is 14.2 Å². The van der Waals surface area contributed by atoms with Gasteiger partial charge < -0.3 is 19.3 Å². The molecular formula is C16H13Cl3O5. The SMILES string of the molecule is COc1cc(C(=O)O)cc(Cl)c1OCCOc1ccc(Cl)cc1Cl. The summed E-state index contributed by atoms with van der Waals surface area (Å²) in [5.41, 5.74) is 0.00777. The molecule has 2 rings (SSSR count). The van der Waals surface area contributed by atoms with Gasteiger partial charge in [0.1, 0.15) is 19.0 Å². The Bertz CT molecular complexity index is 749. The molecule has 0 fully saturated rings. The molecule has 5 nitrogen and oxygen atoms in total. The van der Waals surface area contributed by atoms with Gasteiger partial charge in [-0.1, -0.05) is 34.8 Å². The first-order valence-corrected chi connectivity index (χ1v) is 7.87. The Morgan fingerprint density at radius 3 is 2.33 bits per heavy atom. The molecule has 8 heteroatoms. The van der Waals surface area contributed by atoms with E-state index in [0.29, 0.717) is 15.8 Å². The van der Waals surface area contributed by atoms with E-state index in [9.17, 15) is 4.79 Å². The lowest BCUT2D eigenvalue weighted by Gasteiger charge is -2.14. The second-order valence-corrected chi connectivity index (χ2v) is 5.82. The van der Waals surface area contributed by atoms with E-state index in [4.69, 9.17) is 54.1 Å². The molecule has 0 unspecified atom stereocenters. The molecule has 2 aromatic rings. The first kappa shape index (κ1) is 18.5. The van der Waals surface area contributed by atoms with Crippen molar-refractivity contribution in [3.63, 3.8) is 0 Å². The van der Waals surface area contributed by atoms with Crippen molar-refractivity contribution in [2.45, 2.75) is 0 Å². The normalized spacial score (nSPS) is 10.3. The van der Waals surface area contributed by atoms with E-state index in [1.54, 1.807) is 18.2 Å². The van der Waals surface area contributed by atoms with Gasteiger partial charge in [0.05, 0.1) is 22.7 Å². The van der Waals surface area contributed by atoms with Crippen LogP contribution in [0.2, 0.25) is 15.1 Å². The number of hydrogen-bond donors (Lipinski definition) is 1. The molecule has 0 aliphatic carbocycles. The van der Waals surface area contributed by atoms with Gasteiger partial charge in [-0.2, -0.15) is 0 Å². The Morgan fingerprint density at radius 2 is 1.71 bits per heavy atom. The van der Waals surface area contributed by atoms with Crippen LogP contribution in [0.25, 0.3) is 0 Å². The van der Waals surface area contributed by atoms with Crippen molar-refractivity contribution in [2.24, 2.45) is 0 Å². The van der Waals surface area contributed by atoms with Gasteiger partial charge in [-0.25, -0.2) is 4.79 Å². The smallest absolute Gasteiger partial charge is 0.335 e. The molecule has 0 atom stereocenters. The topological polar surface area (TPSA) is 65.0 Å². The average molecular weight is 392 g/mol. The summed E-state index contributed by atoms with van der Waals surface area (Å²) in [5, 5.41) is 10.0. The predicted molar refractivity (Wildman–Crippen MR) is 92.4 cm³/mol. The number of ether oxygens (including phenoxy) is 3. The third-order valence-electron chi connectivity index (χ3n) is 2.96. The Hall–Kier alpha value is -1.82. The molecule has 0 aromatic heterocycles. The molecule has 0 amide bonds. The van der Waals surface area contributed by atoms with Crippen LogP contribution in [0.4, 0.5) is 0 Å². The number of benzene rings is 2. The van der Waals surface area contributed by atoms with Crippen LogP contribution in [0.15, 0.2) is 30.3 Å². The molecule has 0 radical (unpaired) electrons. The lowest BCUT2D eigenvalue weighted by molar-refractivity contribution is 0.0696. The summed E-state index contributed by atoms with van der Waals surface area (Å²) in [6.45, 7) is 0.350. The molecule has 2 aromatic carbocycles. The molecule has 0 saturated carbocycles. The fraction of sp³-hybridized carbons (Fsp3) is 0.188. The zero-order valence-electron chi connectivity index (χ0n) is 12.5. The number of carboxylic acid groups (broad SMARTS) is 1. The summed E-state index contributed by atoms with van der Waals surface area (Å²) in [6.07, 6.45) is 0. The minimum atomic E-state index is -1.11. The first-order valence-electron chi connectivity index (χ1n) is 6.74. The van der Waals surface area contributed by atoms with E-state index >= 15 is 0 Å². The number of hydrogen-bond acceptors (Lipinski definition) is 4. The van der Waals surface area contributed by atoms with Crippen molar-refractivity contribution >= 4 is 40.8 Å². The molecule has 0 bridgehead atoms. The lowest BCUT2D eigenvalue weighted by Crippen LogP contribution is -2.10. The average Bonchev–Trinajstić information content (AvgIpc) is 2.53. The highest BCUT2D eigenvalue weighted by atomic mass is 35.5. The van der Waals surface area contributed by atoms with Crippen LogP contribution in [-0.2, 0) is 0 Å². The maximum absolute atomic E-state index is 11.0. The lowest BCUT2D eigenvalue weighted by atomic mass is 10.2. The molecule has 0 heterocycles. The Morgan fingerprint density at radius 1 is 1.00 bits per heavy atom. The molecule has 0 aliphatic heterocycles. The molecule has 128 valence electrons. The second-order valence-electron chi connectivity index (χ2n) is 4.57. The van der Waals surface area contributed by atoms with Crippen molar-refractivity contribution < 1.29 is 24.1 Å². The number of methoxy groups -OCH3 is 1. The van der Waals surface area contributed by atoms with Gasteiger partial charge >= 0.3 is 5.97 Å². The summed E-state index contributed by atoms with van der Waals surface area (Å²) in [6, 6.07) is 7.51. The fourth-order valence-corrected chi connectivity index (χ4v) is 2.60. The maximum atomic E-state index is 11.0. The standard InChI is InChI=1S/C16H13Cl3O5/c1-22-14-7-9(16(20)21)6-12(19)15(14)24-5-4-23-13-3-2-10(17)8-11(13)18/h2-3,6-8H,4-5H2,1H3,(H,20,21). The van der Waals surface area contributed by atoms with Crippen LogP contribution in [0, 0.1) is 0 Å². The van der Waals surface area contributed by atoms with Crippen LogP contribution >= 0.6 is 34.8 Å². The Balaban J connectivity index is 2.00. The number of halogens is 3. The van der Waals surface area contributed by atoms with E-state index in [1.807, 2.05) is 0 Å². The second kappa shape index (κ2) is 8.33. The molecule has 0 aliphatic rings. The van der Waals surface area contributed by atoms with Crippen LogP contribution in [0.1, 0.15) is 10.4 Å². The van der Waals surface area contributed by atoms with Gasteiger partial charge in [0.15, 0.2) is 11.5 Å². The van der Waals surface area contributed by atoms with Gasteiger partial charge in [-0.3, -0.25) is 0 Å². The van der Waals surface area contributed by atoms with Gasteiger partial charge in [-0.15, -0.1) is 0 Å². The van der Waals surface area contributed by atoms with Gasteiger partial charge in [0.2, 0.25) is 0 Å². The minimum absolute atomic E-state index is 0.00777.